The Morgan fingerprint density at radius 1 is 0.864 bits per heavy atom. The second-order valence-corrected chi connectivity index (χ2v) is 11.4. The number of nitrogens with zero attached hydrogens (tertiary/aromatic N) is 1. The number of para-hydroxylation sites is 1. The second-order valence-electron chi connectivity index (χ2n) is 10.4. The molecule has 0 saturated heterocycles. The molecular weight excluding hydrogens is 582 g/mol. The van der Waals surface area contributed by atoms with E-state index in [1.54, 1.807) is 24.3 Å². The lowest BCUT2D eigenvalue weighted by molar-refractivity contribution is -0.142. The first-order valence-corrected chi connectivity index (χ1v) is 15.6. The van der Waals surface area contributed by atoms with E-state index in [2.05, 4.69) is 30.9 Å². The average Bonchev–Trinajstić information content (AvgIpc) is 3.69. The molecule has 0 saturated carbocycles. The molecule has 0 radical (unpaired) electrons. The number of aromatic nitrogens is 3. The van der Waals surface area contributed by atoms with Crippen molar-refractivity contribution < 1.29 is 24.3 Å². The molecule has 2 heterocycles. The van der Waals surface area contributed by atoms with Gasteiger partial charge in [-0.25, -0.2) is 9.78 Å². The first-order chi connectivity index (χ1) is 21.2. The maximum Gasteiger partial charge on any atom is 0.326 e. The lowest BCUT2D eigenvalue weighted by Gasteiger charge is -2.25. The number of aromatic amines is 2. The Bertz CT molecular complexity index is 1540. The Kier molecular flexibility index (Phi) is 11.5. The number of fused-ring (bicyclic) bond motifs is 1. The molecule has 0 aliphatic heterocycles. The fraction of sp³-hybridized carbons (Fsp3) is 0.323. The number of rotatable bonds is 16. The van der Waals surface area contributed by atoms with Gasteiger partial charge in [0.1, 0.15) is 18.1 Å². The molecular formula is C31H37N7O5S. The molecule has 2 aromatic heterocycles. The highest BCUT2D eigenvalue weighted by atomic mass is 32.2. The zero-order valence-corrected chi connectivity index (χ0v) is 25.1. The van der Waals surface area contributed by atoms with Crippen LogP contribution < -0.4 is 21.7 Å². The van der Waals surface area contributed by atoms with Crippen molar-refractivity contribution in [1.29, 1.82) is 0 Å². The zero-order chi connectivity index (χ0) is 31.5. The number of amides is 3. The Hall–Kier alpha value is -4.62. The minimum atomic E-state index is -1.19. The Morgan fingerprint density at radius 3 is 2.25 bits per heavy atom. The van der Waals surface area contributed by atoms with E-state index in [9.17, 15) is 24.3 Å². The van der Waals surface area contributed by atoms with Gasteiger partial charge >= 0.3 is 5.97 Å². The van der Waals surface area contributed by atoms with Crippen LogP contribution in [0, 0.1) is 0 Å². The van der Waals surface area contributed by atoms with Crippen molar-refractivity contribution in [2.45, 2.75) is 49.9 Å². The van der Waals surface area contributed by atoms with E-state index in [4.69, 9.17) is 5.73 Å². The van der Waals surface area contributed by atoms with Crippen molar-refractivity contribution in [3.05, 3.63) is 90.1 Å². The molecule has 0 spiro atoms. The lowest BCUT2D eigenvalue weighted by Crippen LogP contribution is -2.58. The largest absolute Gasteiger partial charge is 0.480 e. The summed E-state index contributed by atoms with van der Waals surface area (Å²) >= 11 is 1.48. The van der Waals surface area contributed by atoms with Gasteiger partial charge in [-0.3, -0.25) is 14.4 Å². The van der Waals surface area contributed by atoms with Gasteiger partial charge in [0.25, 0.3) is 0 Å². The molecule has 12 nitrogen and oxygen atoms in total. The summed E-state index contributed by atoms with van der Waals surface area (Å²) < 4.78 is 0. The van der Waals surface area contributed by atoms with Crippen molar-refractivity contribution in [3.8, 4) is 0 Å². The third-order valence-electron chi connectivity index (χ3n) is 7.20. The van der Waals surface area contributed by atoms with Gasteiger partial charge in [-0.1, -0.05) is 48.5 Å². The van der Waals surface area contributed by atoms with Crippen LogP contribution in [0.15, 0.2) is 73.3 Å². The standard InChI is InChI=1S/C31H37N7O5S/c1-44-12-11-25(29(40)38-27(31(42)43)13-19-7-3-2-4-8-19)36-30(41)26(15-21-17-33-18-35-21)37-28(39)23(32)14-20-16-34-24-10-6-5-9-22(20)24/h2-10,16-18,23,25-27,34H,11-15,32H2,1H3,(H,33,35)(H,36,41)(H,37,39)(H,38,40)(H,42,43). The van der Waals surface area contributed by atoms with Crippen molar-refractivity contribution in [3.63, 3.8) is 0 Å². The smallest absolute Gasteiger partial charge is 0.326 e. The summed E-state index contributed by atoms with van der Waals surface area (Å²) in [5.74, 6) is -2.43. The molecule has 232 valence electrons. The number of thioether (sulfide) groups is 1. The van der Waals surface area contributed by atoms with E-state index in [0.29, 0.717) is 11.4 Å². The number of hydrogen-bond acceptors (Lipinski definition) is 7. The number of aliphatic carboxylic acids is 1. The van der Waals surface area contributed by atoms with Crippen LogP contribution in [0.2, 0.25) is 0 Å². The van der Waals surface area contributed by atoms with Gasteiger partial charge in [-0.2, -0.15) is 11.8 Å². The van der Waals surface area contributed by atoms with Crippen LogP contribution in [-0.2, 0) is 38.4 Å². The van der Waals surface area contributed by atoms with Crippen LogP contribution >= 0.6 is 11.8 Å². The van der Waals surface area contributed by atoms with Crippen LogP contribution in [0.4, 0.5) is 0 Å². The van der Waals surface area contributed by atoms with Crippen LogP contribution in [0.5, 0.6) is 0 Å². The first kappa shape index (κ1) is 32.3. The van der Waals surface area contributed by atoms with Gasteiger partial charge in [0.15, 0.2) is 0 Å². The molecule has 8 N–H and O–H groups in total. The summed E-state index contributed by atoms with van der Waals surface area (Å²) in [6.45, 7) is 0. The molecule has 3 amide bonds. The summed E-state index contributed by atoms with van der Waals surface area (Å²) in [5.41, 5.74) is 9.42. The number of carbonyl (C=O) groups is 4. The number of H-pyrrole nitrogens is 2. The predicted molar refractivity (Wildman–Crippen MR) is 169 cm³/mol. The highest BCUT2D eigenvalue weighted by molar-refractivity contribution is 7.98. The minimum Gasteiger partial charge on any atom is -0.480 e. The van der Waals surface area contributed by atoms with Gasteiger partial charge < -0.3 is 36.8 Å². The fourth-order valence-corrected chi connectivity index (χ4v) is 5.30. The molecule has 0 aliphatic carbocycles. The summed E-state index contributed by atoms with van der Waals surface area (Å²) in [4.78, 5) is 62.2. The third kappa shape index (κ3) is 8.94. The Labute approximate surface area is 259 Å². The van der Waals surface area contributed by atoms with Crippen molar-refractivity contribution >= 4 is 46.4 Å². The van der Waals surface area contributed by atoms with Crippen molar-refractivity contribution in [2.24, 2.45) is 5.73 Å². The minimum absolute atomic E-state index is 0.0694. The van der Waals surface area contributed by atoms with Crippen LogP contribution in [0.25, 0.3) is 10.9 Å². The Balaban J connectivity index is 1.46. The monoisotopic (exact) mass is 619 g/mol. The van der Waals surface area contributed by atoms with Gasteiger partial charge in [-0.05, 0) is 42.0 Å². The van der Waals surface area contributed by atoms with Crippen molar-refractivity contribution in [1.82, 2.24) is 30.9 Å². The van der Waals surface area contributed by atoms with Crippen LogP contribution in [-0.4, -0.2) is 79.9 Å². The third-order valence-corrected chi connectivity index (χ3v) is 7.85. The van der Waals surface area contributed by atoms with E-state index in [-0.39, 0.29) is 25.7 Å². The summed E-state index contributed by atoms with van der Waals surface area (Å²) in [5, 5.41) is 18.8. The highest BCUT2D eigenvalue weighted by Crippen LogP contribution is 2.19. The summed E-state index contributed by atoms with van der Waals surface area (Å²) in [6.07, 6.45) is 7.32. The maximum absolute atomic E-state index is 13.6. The molecule has 4 atom stereocenters. The molecule has 13 heteroatoms. The molecule has 44 heavy (non-hydrogen) atoms. The van der Waals surface area contributed by atoms with E-state index < -0.39 is 47.9 Å². The summed E-state index contributed by atoms with van der Waals surface area (Å²) in [6, 6.07) is 12.4. The van der Waals surface area contributed by atoms with Crippen LogP contribution in [0.3, 0.4) is 0 Å². The number of imidazole rings is 1. The number of nitrogens with two attached hydrogens (primary N) is 1. The zero-order valence-electron chi connectivity index (χ0n) is 24.3. The number of benzene rings is 2. The molecule has 2 aromatic carbocycles. The van der Waals surface area contributed by atoms with E-state index in [0.717, 1.165) is 22.0 Å². The van der Waals surface area contributed by atoms with Gasteiger partial charge in [0.05, 0.1) is 12.4 Å². The predicted octanol–water partition coefficient (Wildman–Crippen LogP) is 1.54. The van der Waals surface area contributed by atoms with E-state index in [1.807, 2.05) is 42.8 Å². The number of carboxylic acids is 1. The molecule has 0 aliphatic rings. The quantitative estimate of drug-likeness (QED) is 0.0981. The highest BCUT2D eigenvalue weighted by Gasteiger charge is 2.31. The Morgan fingerprint density at radius 2 is 1.55 bits per heavy atom. The molecule has 4 rings (SSSR count). The van der Waals surface area contributed by atoms with Gasteiger partial charge in [-0.15, -0.1) is 0 Å². The molecule has 4 unspecified atom stereocenters. The molecule has 0 fully saturated rings. The van der Waals surface area contributed by atoms with E-state index >= 15 is 0 Å². The molecule has 0 bridgehead atoms. The molecule has 4 aromatic rings. The normalized spacial score (nSPS) is 13.9. The SMILES string of the molecule is CSCCC(NC(=O)C(Cc1cnc[nH]1)NC(=O)C(N)Cc1c[nH]c2ccccc12)C(=O)NC(Cc1ccccc1)C(=O)O. The average molecular weight is 620 g/mol. The van der Waals surface area contributed by atoms with Gasteiger partial charge in [0, 0.05) is 41.8 Å². The first-order valence-electron chi connectivity index (χ1n) is 14.2. The van der Waals surface area contributed by atoms with E-state index in [1.165, 1.54) is 24.3 Å². The van der Waals surface area contributed by atoms with Crippen LogP contribution in [0.1, 0.15) is 23.2 Å². The van der Waals surface area contributed by atoms with Gasteiger partial charge in [0.2, 0.25) is 17.7 Å². The number of carboxylic acid groups (broad SMARTS) is 1. The second kappa shape index (κ2) is 15.7. The number of nitrogens with one attached hydrogen (secondary N) is 5. The fourth-order valence-electron chi connectivity index (χ4n) is 4.83. The maximum atomic E-state index is 13.6. The number of carbonyl (C=O) groups excluding carboxylic acids is 3. The van der Waals surface area contributed by atoms with Crippen molar-refractivity contribution in [2.75, 3.05) is 12.0 Å². The summed E-state index contributed by atoms with van der Waals surface area (Å²) in [7, 11) is 0. The lowest BCUT2D eigenvalue weighted by atomic mass is 10.0. The number of hydrogen-bond donors (Lipinski definition) is 7. The topological polar surface area (TPSA) is 195 Å².